The normalized spacial score (nSPS) is 16.9. The molecule has 3 aliphatic heterocycles. The smallest absolute Gasteiger partial charge is 0.252 e. The maximum atomic E-state index is 2.76. The van der Waals surface area contributed by atoms with E-state index in [-0.39, 0.29) is 39.7 Å². The summed E-state index contributed by atoms with van der Waals surface area (Å²) in [5.74, 6) is -0.127. The molecule has 0 aromatic heterocycles. The third-order valence-electron chi connectivity index (χ3n) is 20.5. The van der Waals surface area contributed by atoms with Crippen LogP contribution >= 0.6 is 0 Å². The zero-order valence-electron chi connectivity index (χ0n) is 53.5. The molecule has 10 aromatic rings. The van der Waals surface area contributed by atoms with E-state index in [0.29, 0.717) is 0 Å². The highest BCUT2D eigenvalue weighted by molar-refractivity contribution is 7.00. The van der Waals surface area contributed by atoms with E-state index in [9.17, 15) is 0 Å². The molecule has 0 amide bonds. The van der Waals surface area contributed by atoms with E-state index in [1.165, 1.54) is 156 Å². The van der Waals surface area contributed by atoms with E-state index >= 15 is 0 Å². The van der Waals surface area contributed by atoms with Crippen LogP contribution in [0.1, 0.15) is 178 Å². The highest BCUT2D eigenvalue weighted by Crippen LogP contribution is 2.63. The zero-order valence-corrected chi connectivity index (χ0v) is 53.5. The van der Waals surface area contributed by atoms with Gasteiger partial charge < -0.3 is 9.80 Å². The molecule has 86 heavy (non-hydrogen) atoms. The van der Waals surface area contributed by atoms with Crippen LogP contribution in [0.3, 0.4) is 0 Å². The predicted molar refractivity (Wildman–Crippen MR) is 369 cm³/mol. The average Bonchev–Trinajstić information content (AvgIpc) is 0.803. The van der Waals surface area contributed by atoms with Crippen molar-refractivity contribution in [3.8, 4) is 44.5 Å². The Kier molecular flexibility index (Phi) is 11.5. The summed E-state index contributed by atoms with van der Waals surface area (Å²) in [6.07, 6.45) is 0. The Hall–Kier alpha value is -8.14. The van der Waals surface area contributed by atoms with E-state index < -0.39 is 5.41 Å². The van der Waals surface area contributed by atoms with Gasteiger partial charge in [0.15, 0.2) is 0 Å². The fourth-order valence-electron chi connectivity index (χ4n) is 15.6. The minimum absolute atomic E-state index is 0.00646. The zero-order chi connectivity index (χ0) is 60.1. The molecule has 0 spiro atoms. The van der Waals surface area contributed by atoms with Gasteiger partial charge in [-0.05, 0) is 211 Å². The van der Waals surface area contributed by atoms with Crippen molar-refractivity contribution in [3.63, 3.8) is 0 Å². The van der Waals surface area contributed by atoms with Crippen molar-refractivity contribution in [2.24, 2.45) is 0 Å². The molecule has 2 unspecified atom stereocenters. The SMILES string of the molecule is CC(C)(C)c1ccc(-c2cc3cc(c2)-c2cccc4c2C(c2ccccc2-4)c2cc4c5c6c2C(C)(c2ccc-3cc2)c2cc(C(C)(C)C)ccc2N6c2ccc(C(C)(C)C)cc2B5c2cc(C(C)(C)C)ccc2N4c2ccc(C(C)(C)C)cc2)cc1. The molecule has 0 radical (unpaired) electrons. The molecule has 4 bridgehead atoms. The summed E-state index contributed by atoms with van der Waals surface area (Å²) in [6, 6.07) is 78.1. The Morgan fingerprint density at radius 1 is 0.360 bits per heavy atom. The van der Waals surface area contributed by atoms with Crippen molar-refractivity contribution in [1.29, 1.82) is 0 Å². The van der Waals surface area contributed by atoms with Crippen LogP contribution in [0, 0.1) is 0 Å². The number of fused-ring (bicyclic) bond motifs is 11. The van der Waals surface area contributed by atoms with Gasteiger partial charge in [0.2, 0.25) is 0 Å². The first-order chi connectivity index (χ1) is 40.7. The van der Waals surface area contributed by atoms with E-state index in [4.69, 9.17) is 0 Å². The predicted octanol–water partition coefficient (Wildman–Crippen LogP) is 20.4. The van der Waals surface area contributed by atoms with Crippen molar-refractivity contribution in [3.05, 3.63) is 255 Å². The van der Waals surface area contributed by atoms with E-state index in [1.54, 1.807) is 0 Å². The lowest BCUT2D eigenvalue weighted by molar-refractivity contribution is 0.584. The number of hydrogen-bond donors (Lipinski definition) is 0. The van der Waals surface area contributed by atoms with Gasteiger partial charge in [-0.25, -0.2) is 0 Å². The van der Waals surface area contributed by atoms with Gasteiger partial charge in [-0.3, -0.25) is 0 Å². The Labute approximate surface area is 513 Å². The lowest BCUT2D eigenvalue weighted by atomic mass is 9.32. The minimum Gasteiger partial charge on any atom is -0.311 e. The summed E-state index contributed by atoms with van der Waals surface area (Å²) in [6.45, 7) is 37.8. The highest BCUT2D eigenvalue weighted by atomic mass is 15.2. The molecule has 0 saturated heterocycles. The van der Waals surface area contributed by atoms with Crippen LogP contribution in [0.5, 0.6) is 0 Å². The molecule has 426 valence electrons. The number of anilines is 6. The maximum Gasteiger partial charge on any atom is 0.252 e. The minimum atomic E-state index is -0.634. The molecule has 0 saturated carbocycles. The Morgan fingerprint density at radius 2 is 0.826 bits per heavy atom. The highest BCUT2D eigenvalue weighted by Gasteiger charge is 2.54. The van der Waals surface area contributed by atoms with E-state index in [1.807, 2.05) is 0 Å². The second kappa shape index (κ2) is 18.2. The molecule has 3 aliphatic carbocycles. The first-order valence-electron chi connectivity index (χ1n) is 31.6. The van der Waals surface area contributed by atoms with Gasteiger partial charge in [-0.15, -0.1) is 0 Å². The third kappa shape index (κ3) is 8.05. The van der Waals surface area contributed by atoms with Crippen molar-refractivity contribution >= 4 is 57.2 Å². The van der Waals surface area contributed by atoms with Crippen LogP contribution in [0.15, 0.2) is 194 Å². The van der Waals surface area contributed by atoms with Crippen LogP contribution in [0.4, 0.5) is 34.1 Å². The second-order valence-electron chi connectivity index (χ2n) is 31.2. The average molecular weight is 1120 g/mol. The molecule has 10 aromatic carbocycles. The van der Waals surface area contributed by atoms with E-state index in [0.717, 1.165) is 0 Å². The van der Waals surface area contributed by atoms with Crippen LogP contribution in [-0.2, 0) is 32.5 Å². The molecule has 0 fully saturated rings. The molecule has 3 heterocycles. The first-order valence-corrected chi connectivity index (χ1v) is 31.6. The van der Waals surface area contributed by atoms with Gasteiger partial charge in [-0.2, -0.15) is 0 Å². The Bertz CT molecular complexity index is 4460. The lowest BCUT2D eigenvalue weighted by Gasteiger charge is -2.52. The van der Waals surface area contributed by atoms with Crippen LogP contribution < -0.4 is 26.2 Å². The molecule has 0 N–H and O–H groups in total. The molecule has 2 atom stereocenters. The Morgan fingerprint density at radius 3 is 1.40 bits per heavy atom. The fourth-order valence-corrected chi connectivity index (χ4v) is 15.6. The standard InChI is InChI=1S/C83H81BN2/c1-78(2,3)54-28-24-49(25-29-54)51-42-52-44-53(43-51)61-22-19-23-64-62-20-17-18-21-63(62)74(73(61)64)65-48-72-76-77-75(65)83(16,56-30-26-50(52)27-31-56)66-45-57(80(7,8)9)34-39-69(66)86(77)71-41-36-59(82(13,14)15)47-68(71)84(76)67-46-58(81(10,11)12)35-40-70(67)85(72)60-37-32-55(33-38-60)79(4,5)6/h17-48,74H,1-16H3. The van der Waals surface area contributed by atoms with Crippen LogP contribution in [0.2, 0.25) is 0 Å². The summed E-state index contributed by atoms with van der Waals surface area (Å²) in [7, 11) is 0. The van der Waals surface area contributed by atoms with E-state index in [2.05, 4.69) is 315 Å². The topological polar surface area (TPSA) is 6.48 Å². The largest absolute Gasteiger partial charge is 0.311 e. The quantitative estimate of drug-likeness (QED) is 0.159. The van der Waals surface area contributed by atoms with Crippen molar-refractivity contribution in [1.82, 2.24) is 0 Å². The summed E-state index contributed by atoms with van der Waals surface area (Å²) in [4.78, 5) is 5.44. The van der Waals surface area contributed by atoms with Gasteiger partial charge >= 0.3 is 0 Å². The van der Waals surface area contributed by atoms with Crippen molar-refractivity contribution < 1.29 is 0 Å². The van der Waals surface area contributed by atoms with Crippen LogP contribution in [-0.4, -0.2) is 6.71 Å². The monoisotopic (exact) mass is 1120 g/mol. The Balaban J connectivity index is 1.14. The van der Waals surface area contributed by atoms with Gasteiger partial charge in [0, 0.05) is 39.8 Å². The fraction of sp³-hybridized carbons (Fsp3) is 0.277. The first kappa shape index (κ1) is 54.5. The maximum absolute atomic E-state index is 2.76. The summed E-state index contributed by atoms with van der Waals surface area (Å²) in [5.41, 5.74) is 35.6. The molecule has 2 nitrogen and oxygen atoms in total. The van der Waals surface area contributed by atoms with Gasteiger partial charge in [0.05, 0.1) is 5.69 Å². The number of benzene rings is 10. The van der Waals surface area contributed by atoms with Crippen LogP contribution in [0.25, 0.3) is 44.5 Å². The lowest BCUT2D eigenvalue weighted by Crippen LogP contribution is -2.63. The summed E-state index contributed by atoms with van der Waals surface area (Å²) in [5, 5.41) is 0. The van der Waals surface area contributed by atoms with Crippen molar-refractivity contribution in [2.45, 2.75) is 149 Å². The molecular weight excluding hydrogens is 1040 g/mol. The number of hydrogen-bond acceptors (Lipinski definition) is 2. The molecule has 3 heteroatoms. The number of rotatable bonds is 2. The van der Waals surface area contributed by atoms with Gasteiger partial charge in [-0.1, -0.05) is 243 Å². The van der Waals surface area contributed by atoms with Gasteiger partial charge in [0.1, 0.15) is 0 Å². The number of nitrogens with zero attached hydrogens (tertiary/aromatic N) is 2. The molecular formula is C83H81BN2. The molecule has 6 aliphatic rings. The second-order valence-corrected chi connectivity index (χ2v) is 31.2. The van der Waals surface area contributed by atoms with Gasteiger partial charge in [0.25, 0.3) is 6.71 Å². The third-order valence-corrected chi connectivity index (χ3v) is 20.5. The van der Waals surface area contributed by atoms with Crippen molar-refractivity contribution in [2.75, 3.05) is 9.80 Å². The molecule has 16 rings (SSSR count). The summed E-state index contributed by atoms with van der Waals surface area (Å²) < 4.78 is 0. The summed E-state index contributed by atoms with van der Waals surface area (Å²) >= 11 is 0.